The van der Waals surface area contributed by atoms with Crippen molar-refractivity contribution in [3.05, 3.63) is 80.3 Å². The minimum atomic E-state index is -0.394. The van der Waals surface area contributed by atoms with Gasteiger partial charge >= 0.3 is 4.87 Å². The van der Waals surface area contributed by atoms with E-state index in [1.54, 1.807) is 17.8 Å². The van der Waals surface area contributed by atoms with Gasteiger partial charge in [0.05, 0.1) is 16.9 Å². The number of H-pyrrole nitrogens is 1. The number of nitrogens with zero attached hydrogens (tertiary/aromatic N) is 1. The van der Waals surface area contributed by atoms with Crippen LogP contribution in [0.5, 0.6) is 0 Å². The molecule has 2 N–H and O–H groups in total. The lowest BCUT2D eigenvalue weighted by atomic mass is 9.68. The quantitative estimate of drug-likeness (QED) is 0.498. The molecule has 1 saturated heterocycles. The predicted octanol–water partition coefficient (Wildman–Crippen LogP) is 3.86. The van der Waals surface area contributed by atoms with Crippen LogP contribution in [0.4, 0.5) is 5.69 Å². The van der Waals surface area contributed by atoms with Gasteiger partial charge in [-0.15, -0.1) is 11.8 Å². The van der Waals surface area contributed by atoms with Gasteiger partial charge in [0, 0.05) is 21.7 Å². The Kier molecular flexibility index (Phi) is 5.23. The maximum atomic E-state index is 13.7. The highest BCUT2D eigenvalue weighted by Gasteiger charge is 2.69. The molecule has 1 aromatic heterocycles. The Morgan fingerprint density at radius 3 is 2.54 bits per heavy atom. The number of rotatable bonds is 4. The topological polar surface area (TPSA) is 99.3 Å². The number of aryl methyl sites for hydroxylation is 1. The van der Waals surface area contributed by atoms with E-state index in [1.165, 1.54) is 16.2 Å². The number of hydrogen-bond acceptors (Lipinski definition) is 6. The summed E-state index contributed by atoms with van der Waals surface area (Å²) in [5.41, 5.74) is 2.81. The minimum absolute atomic E-state index is 0.0175. The predicted molar refractivity (Wildman–Crippen MR) is 141 cm³/mol. The molecule has 2 aliphatic heterocycles. The molecule has 0 unspecified atom stereocenters. The van der Waals surface area contributed by atoms with Crippen LogP contribution in [-0.4, -0.2) is 39.4 Å². The molecule has 0 radical (unpaired) electrons. The molecule has 4 aliphatic rings. The zero-order valence-electron chi connectivity index (χ0n) is 20.0. The molecule has 2 aliphatic carbocycles. The first kappa shape index (κ1) is 23.0. The van der Waals surface area contributed by atoms with E-state index in [1.807, 2.05) is 43.3 Å². The zero-order valence-corrected chi connectivity index (χ0v) is 21.7. The number of thioether (sulfide) groups is 1. The van der Waals surface area contributed by atoms with Crippen molar-refractivity contribution in [1.82, 2.24) is 9.88 Å². The lowest BCUT2D eigenvalue weighted by Crippen LogP contribution is -2.42. The van der Waals surface area contributed by atoms with Crippen molar-refractivity contribution in [2.24, 2.45) is 29.6 Å². The molecular formula is C28H25N3O4S2. The maximum absolute atomic E-state index is 13.7. The number of anilines is 1. The number of aromatic amines is 1. The standard InChI is InChI=1S/C28H25N3O4S2/c1-13-6-5-9-15(10-13)29-18(32)12-31-26(33)21-16-11-17(22(21)27(31)34)23-20(16)19(14-7-3-2-4-8-14)24-25(36-23)30-28(35)37-24/h2-10,16-17,19-23H,11-12H2,1H3,(H,29,32)(H,30,35)/t16-,17-,19-,20-,21+,22-,23+/m0/s1. The number of hydrogen-bond donors (Lipinski definition) is 2. The van der Waals surface area contributed by atoms with Crippen LogP contribution in [0.3, 0.4) is 0 Å². The molecule has 2 aromatic carbocycles. The summed E-state index contributed by atoms with van der Waals surface area (Å²) in [6.45, 7) is 1.68. The Morgan fingerprint density at radius 2 is 1.78 bits per heavy atom. The van der Waals surface area contributed by atoms with E-state index in [-0.39, 0.29) is 64.0 Å². The van der Waals surface area contributed by atoms with E-state index in [9.17, 15) is 19.2 Å². The van der Waals surface area contributed by atoms with Crippen LogP contribution in [0.15, 0.2) is 64.4 Å². The van der Waals surface area contributed by atoms with Gasteiger partial charge in [0.25, 0.3) is 0 Å². The fourth-order valence-corrected chi connectivity index (χ4v) is 10.2. The Labute approximate surface area is 221 Å². The number of nitrogens with one attached hydrogen (secondary N) is 2. The SMILES string of the molecule is Cc1cccc(NC(=O)CN2C(=O)[C@@H]3[C@H]4C[C@H]([C@H]5Sc6[nH]c(=O)sc6[C@@H](c6ccccc6)[C@H]45)[C@@H]3C2=O)c1. The highest BCUT2D eigenvalue weighted by molar-refractivity contribution is 8.00. The molecule has 7 atom stereocenters. The van der Waals surface area contributed by atoms with Gasteiger partial charge < -0.3 is 10.3 Å². The summed E-state index contributed by atoms with van der Waals surface area (Å²) in [7, 11) is 0. The zero-order chi connectivity index (χ0) is 25.4. The molecule has 3 heterocycles. The van der Waals surface area contributed by atoms with E-state index in [0.29, 0.717) is 5.69 Å². The van der Waals surface area contributed by atoms with Crippen molar-refractivity contribution in [2.45, 2.75) is 29.5 Å². The molecule has 0 spiro atoms. The highest BCUT2D eigenvalue weighted by atomic mass is 32.2. The number of amides is 3. The smallest absolute Gasteiger partial charge is 0.305 e. The minimum Gasteiger partial charge on any atom is -0.325 e. The van der Waals surface area contributed by atoms with Gasteiger partial charge in [0.15, 0.2) is 0 Å². The maximum Gasteiger partial charge on any atom is 0.305 e. The first-order valence-electron chi connectivity index (χ1n) is 12.6. The lowest BCUT2D eigenvalue weighted by molar-refractivity contribution is -0.143. The molecule has 2 bridgehead atoms. The summed E-state index contributed by atoms with van der Waals surface area (Å²) in [5.74, 6) is -1.31. The van der Waals surface area contributed by atoms with Crippen molar-refractivity contribution in [3.8, 4) is 0 Å². The molecule has 3 fully saturated rings. The van der Waals surface area contributed by atoms with Crippen molar-refractivity contribution >= 4 is 46.5 Å². The largest absolute Gasteiger partial charge is 0.325 e. The summed E-state index contributed by atoms with van der Waals surface area (Å²) in [4.78, 5) is 57.5. The van der Waals surface area contributed by atoms with Gasteiger partial charge in [-0.05, 0) is 54.4 Å². The second kappa shape index (κ2) is 8.43. The summed E-state index contributed by atoms with van der Waals surface area (Å²) in [6.07, 6.45) is 0.834. The number of carbonyl (C=O) groups is 3. The fraction of sp³-hybridized carbons (Fsp3) is 0.357. The number of imide groups is 1. The number of carbonyl (C=O) groups excluding carboxylic acids is 3. The summed E-state index contributed by atoms with van der Waals surface area (Å²) < 4.78 is 0. The highest BCUT2D eigenvalue weighted by Crippen LogP contribution is 2.68. The van der Waals surface area contributed by atoms with Crippen LogP contribution in [-0.2, 0) is 14.4 Å². The lowest BCUT2D eigenvalue weighted by Gasteiger charge is -2.43. The van der Waals surface area contributed by atoms with E-state index >= 15 is 0 Å². The molecular weight excluding hydrogens is 506 g/mol. The van der Waals surface area contributed by atoms with E-state index in [2.05, 4.69) is 22.4 Å². The van der Waals surface area contributed by atoms with Gasteiger partial charge in [0.2, 0.25) is 17.7 Å². The second-order valence-electron chi connectivity index (χ2n) is 10.6. The van der Waals surface area contributed by atoms with Gasteiger partial charge in [-0.3, -0.25) is 24.1 Å². The Bertz CT molecular complexity index is 1500. The van der Waals surface area contributed by atoms with Crippen LogP contribution in [0, 0.1) is 36.5 Å². The monoisotopic (exact) mass is 531 g/mol. The third-order valence-electron chi connectivity index (χ3n) is 8.58. The Balaban J connectivity index is 1.19. The van der Waals surface area contributed by atoms with Gasteiger partial charge in [-0.2, -0.15) is 0 Å². The van der Waals surface area contributed by atoms with Crippen LogP contribution in [0.25, 0.3) is 0 Å². The third-order valence-corrected chi connectivity index (χ3v) is 11.2. The number of thiazole rings is 1. The summed E-state index contributed by atoms with van der Waals surface area (Å²) >= 11 is 2.93. The molecule has 188 valence electrons. The normalized spacial score (nSPS) is 31.3. The molecule has 2 saturated carbocycles. The molecule has 7 rings (SSSR count). The van der Waals surface area contributed by atoms with Crippen molar-refractivity contribution in [1.29, 1.82) is 0 Å². The number of aromatic nitrogens is 1. The van der Waals surface area contributed by atoms with Crippen LogP contribution in [0.1, 0.15) is 28.3 Å². The van der Waals surface area contributed by atoms with Crippen LogP contribution < -0.4 is 10.2 Å². The van der Waals surface area contributed by atoms with E-state index in [0.717, 1.165) is 27.5 Å². The average molecular weight is 532 g/mol. The number of benzene rings is 2. The fourth-order valence-electron chi connectivity index (χ4n) is 7.33. The van der Waals surface area contributed by atoms with Crippen LogP contribution >= 0.6 is 23.1 Å². The first-order chi connectivity index (χ1) is 17.9. The average Bonchev–Trinajstić information content (AvgIpc) is 3.60. The Hall–Kier alpha value is -3.17. The molecule has 7 nitrogen and oxygen atoms in total. The van der Waals surface area contributed by atoms with Gasteiger partial charge in [-0.1, -0.05) is 53.8 Å². The van der Waals surface area contributed by atoms with Crippen molar-refractivity contribution < 1.29 is 14.4 Å². The van der Waals surface area contributed by atoms with Crippen molar-refractivity contribution in [3.63, 3.8) is 0 Å². The van der Waals surface area contributed by atoms with Crippen LogP contribution in [0.2, 0.25) is 0 Å². The van der Waals surface area contributed by atoms with E-state index < -0.39 is 5.92 Å². The van der Waals surface area contributed by atoms with Crippen molar-refractivity contribution in [2.75, 3.05) is 11.9 Å². The number of likely N-dealkylation sites (tertiary alicyclic amines) is 1. The third kappa shape index (κ3) is 3.47. The molecule has 9 heteroatoms. The molecule has 37 heavy (non-hydrogen) atoms. The second-order valence-corrected chi connectivity index (χ2v) is 12.8. The first-order valence-corrected chi connectivity index (χ1v) is 14.3. The number of fused-ring (bicyclic) bond motifs is 9. The Morgan fingerprint density at radius 1 is 1.03 bits per heavy atom. The summed E-state index contributed by atoms with van der Waals surface area (Å²) in [6, 6.07) is 17.6. The molecule has 3 aromatic rings. The summed E-state index contributed by atoms with van der Waals surface area (Å²) in [5, 5.41) is 3.87. The van der Waals surface area contributed by atoms with Gasteiger partial charge in [-0.25, -0.2) is 0 Å². The van der Waals surface area contributed by atoms with E-state index in [4.69, 9.17) is 0 Å². The molecule has 3 amide bonds. The van der Waals surface area contributed by atoms with Gasteiger partial charge in [0.1, 0.15) is 6.54 Å².